The molecule has 3 aromatic rings. The SMILES string of the molecule is CCc1ccc([C@H](Nc2ccc3nnnn3n2)C(C)(C)C)o1. The Bertz CT molecular complexity index is 770. The maximum atomic E-state index is 5.93. The summed E-state index contributed by atoms with van der Waals surface area (Å²) in [7, 11) is 0. The zero-order valence-corrected chi connectivity index (χ0v) is 13.2. The summed E-state index contributed by atoms with van der Waals surface area (Å²) in [6.07, 6.45) is 0.881. The van der Waals surface area contributed by atoms with Gasteiger partial charge >= 0.3 is 0 Å². The molecule has 3 rings (SSSR count). The second kappa shape index (κ2) is 5.40. The average Bonchev–Trinajstić information content (AvgIpc) is 3.11. The summed E-state index contributed by atoms with van der Waals surface area (Å²) in [6, 6.07) is 7.74. The van der Waals surface area contributed by atoms with Gasteiger partial charge in [-0.25, -0.2) is 0 Å². The molecule has 0 spiro atoms. The molecule has 0 saturated heterocycles. The predicted molar refractivity (Wildman–Crippen MR) is 82.5 cm³/mol. The van der Waals surface area contributed by atoms with Crippen molar-refractivity contribution in [3.05, 3.63) is 35.8 Å². The van der Waals surface area contributed by atoms with E-state index in [-0.39, 0.29) is 11.5 Å². The van der Waals surface area contributed by atoms with Gasteiger partial charge in [-0.2, -0.15) is 0 Å². The van der Waals surface area contributed by atoms with E-state index in [2.05, 4.69) is 53.6 Å². The third-order valence-electron chi connectivity index (χ3n) is 3.54. The first-order chi connectivity index (χ1) is 10.5. The van der Waals surface area contributed by atoms with E-state index in [4.69, 9.17) is 4.42 Å². The monoisotopic (exact) mass is 300 g/mol. The molecular weight excluding hydrogens is 280 g/mol. The van der Waals surface area contributed by atoms with Gasteiger partial charge in [0.05, 0.1) is 6.04 Å². The Morgan fingerprint density at radius 1 is 1.23 bits per heavy atom. The van der Waals surface area contributed by atoms with Crippen LogP contribution < -0.4 is 5.32 Å². The van der Waals surface area contributed by atoms with Crippen LogP contribution >= 0.6 is 0 Å². The molecule has 0 radical (unpaired) electrons. The van der Waals surface area contributed by atoms with Gasteiger partial charge in [0.15, 0.2) is 5.65 Å². The third kappa shape index (κ3) is 2.79. The first-order valence-electron chi connectivity index (χ1n) is 7.38. The Balaban J connectivity index is 1.92. The summed E-state index contributed by atoms with van der Waals surface area (Å²) in [4.78, 5) is 0. The molecule has 0 unspecified atom stereocenters. The van der Waals surface area contributed by atoms with Crippen LogP contribution in [0.25, 0.3) is 5.65 Å². The van der Waals surface area contributed by atoms with Crippen LogP contribution in [0.15, 0.2) is 28.7 Å². The number of tetrazole rings is 1. The molecule has 7 heteroatoms. The summed E-state index contributed by atoms with van der Waals surface area (Å²) in [5.74, 6) is 2.59. The van der Waals surface area contributed by atoms with Crippen molar-refractivity contribution in [3.63, 3.8) is 0 Å². The highest BCUT2D eigenvalue weighted by molar-refractivity contribution is 5.43. The van der Waals surface area contributed by atoms with Gasteiger partial charge in [0.25, 0.3) is 0 Å². The number of hydrogen-bond acceptors (Lipinski definition) is 6. The highest BCUT2D eigenvalue weighted by atomic mass is 16.3. The zero-order chi connectivity index (χ0) is 15.7. The van der Waals surface area contributed by atoms with E-state index < -0.39 is 0 Å². The van der Waals surface area contributed by atoms with Crippen molar-refractivity contribution in [1.29, 1.82) is 0 Å². The molecule has 3 heterocycles. The van der Waals surface area contributed by atoms with Crippen LogP contribution in [-0.2, 0) is 6.42 Å². The zero-order valence-electron chi connectivity index (χ0n) is 13.2. The fourth-order valence-corrected chi connectivity index (χ4v) is 2.33. The van der Waals surface area contributed by atoms with Crippen LogP contribution in [0, 0.1) is 5.41 Å². The summed E-state index contributed by atoms with van der Waals surface area (Å²) < 4.78 is 7.33. The average molecular weight is 300 g/mol. The van der Waals surface area contributed by atoms with Crippen molar-refractivity contribution in [2.24, 2.45) is 5.41 Å². The number of fused-ring (bicyclic) bond motifs is 1. The lowest BCUT2D eigenvalue weighted by Gasteiger charge is -2.30. The number of nitrogens with zero attached hydrogens (tertiary/aromatic N) is 5. The number of aromatic nitrogens is 5. The van der Waals surface area contributed by atoms with Gasteiger partial charge in [0.2, 0.25) is 0 Å². The van der Waals surface area contributed by atoms with Crippen molar-refractivity contribution >= 4 is 11.5 Å². The standard InChI is InChI=1S/C15H20N6O/c1-5-10-6-7-11(22-10)14(15(2,3)4)16-12-8-9-13-17-19-20-21(13)18-12/h6-9,14H,5H2,1-4H3,(H,16,18)/t14-/m0/s1. The lowest BCUT2D eigenvalue weighted by Crippen LogP contribution is -2.26. The number of anilines is 1. The molecule has 0 bridgehead atoms. The highest BCUT2D eigenvalue weighted by Crippen LogP contribution is 2.36. The Morgan fingerprint density at radius 3 is 2.73 bits per heavy atom. The molecule has 0 amide bonds. The molecule has 0 aliphatic carbocycles. The van der Waals surface area contributed by atoms with E-state index in [1.54, 1.807) is 0 Å². The second-order valence-electron chi connectivity index (χ2n) is 6.35. The van der Waals surface area contributed by atoms with Crippen LogP contribution in [-0.4, -0.2) is 25.3 Å². The third-order valence-corrected chi connectivity index (χ3v) is 3.54. The Hall–Kier alpha value is -2.44. The fourth-order valence-electron chi connectivity index (χ4n) is 2.33. The highest BCUT2D eigenvalue weighted by Gasteiger charge is 2.29. The number of nitrogens with one attached hydrogen (secondary N) is 1. The predicted octanol–water partition coefficient (Wildman–Crippen LogP) is 2.87. The summed E-state index contributed by atoms with van der Waals surface area (Å²) >= 11 is 0. The minimum absolute atomic E-state index is 0.00534. The molecule has 0 fully saturated rings. The first kappa shape index (κ1) is 14.5. The van der Waals surface area contributed by atoms with Crippen molar-refractivity contribution in [2.75, 3.05) is 5.32 Å². The Morgan fingerprint density at radius 2 is 2.05 bits per heavy atom. The van der Waals surface area contributed by atoms with Crippen LogP contribution in [0.3, 0.4) is 0 Å². The molecule has 3 aromatic heterocycles. The molecule has 0 saturated carbocycles. The lowest BCUT2D eigenvalue weighted by atomic mass is 9.85. The smallest absolute Gasteiger partial charge is 0.200 e. The van der Waals surface area contributed by atoms with Gasteiger partial charge in [0, 0.05) is 6.42 Å². The van der Waals surface area contributed by atoms with Crippen LogP contribution in [0.4, 0.5) is 5.82 Å². The largest absolute Gasteiger partial charge is 0.464 e. The molecule has 1 N–H and O–H groups in total. The summed E-state index contributed by atoms with van der Waals surface area (Å²) in [5, 5.41) is 19.1. The van der Waals surface area contributed by atoms with Crippen LogP contribution in [0.1, 0.15) is 45.3 Å². The van der Waals surface area contributed by atoms with Gasteiger partial charge in [-0.1, -0.05) is 27.7 Å². The number of hydrogen-bond donors (Lipinski definition) is 1. The normalized spacial score (nSPS) is 13.5. The topological polar surface area (TPSA) is 81.1 Å². The van der Waals surface area contributed by atoms with E-state index in [9.17, 15) is 0 Å². The Labute approximate surface area is 128 Å². The molecule has 1 atom stereocenters. The molecular formula is C15H20N6O. The minimum Gasteiger partial charge on any atom is -0.464 e. The van der Waals surface area contributed by atoms with Gasteiger partial charge in [0.1, 0.15) is 17.3 Å². The summed E-state index contributed by atoms with van der Waals surface area (Å²) in [6.45, 7) is 8.56. The number of furan rings is 1. The van der Waals surface area contributed by atoms with Gasteiger partial charge < -0.3 is 9.73 Å². The number of rotatable bonds is 4. The quantitative estimate of drug-likeness (QED) is 0.798. The molecule has 0 aliphatic rings. The van der Waals surface area contributed by atoms with E-state index >= 15 is 0 Å². The van der Waals surface area contributed by atoms with Crippen molar-refractivity contribution in [1.82, 2.24) is 25.3 Å². The fraction of sp³-hybridized carbons (Fsp3) is 0.467. The van der Waals surface area contributed by atoms with Crippen molar-refractivity contribution in [2.45, 2.75) is 40.2 Å². The molecule has 0 aliphatic heterocycles. The summed E-state index contributed by atoms with van der Waals surface area (Å²) in [5.41, 5.74) is 0.573. The maximum absolute atomic E-state index is 5.93. The van der Waals surface area contributed by atoms with Gasteiger partial charge in [-0.15, -0.1) is 14.8 Å². The number of aryl methyl sites for hydroxylation is 1. The van der Waals surface area contributed by atoms with E-state index in [1.165, 1.54) is 4.63 Å². The maximum Gasteiger partial charge on any atom is 0.200 e. The van der Waals surface area contributed by atoms with E-state index in [0.29, 0.717) is 11.5 Å². The lowest BCUT2D eigenvalue weighted by molar-refractivity contribution is 0.298. The first-order valence-corrected chi connectivity index (χ1v) is 7.38. The molecule has 116 valence electrons. The van der Waals surface area contributed by atoms with Crippen molar-refractivity contribution in [3.8, 4) is 0 Å². The molecule has 0 aromatic carbocycles. The second-order valence-corrected chi connectivity index (χ2v) is 6.35. The molecule has 7 nitrogen and oxygen atoms in total. The van der Waals surface area contributed by atoms with Gasteiger partial charge in [-0.3, -0.25) is 0 Å². The van der Waals surface area contributed by atoms with Crippen LogP contribution in [0.2, 0.25) is 0 Å². The van der Waals surface area contributed by atoms with Crippen LogP contribution in [0.5, 0.6) is 0 Å². The molecule has 22 heavy (non-hydrogen) atoms. The van der Waals surface area contributed by atoms with E-state index in [0.717, 1.165) is 17.9 Å². The Kier molecular flexibility index (Phi) is 3.56. The van der Waals surface area contributed by atoms with Crippen molar-refractivity contribution < 1.29 is 4.42 Å². The van der Waals surface area contributed by atoms with Gasteiger partial charge in [-0.05, 0) is 40.1 Å². The van der Waals surface area contributed by atoms with E-state index in [1.807, 2.05) is 24.3 Å². The minimum atomic E-state index is -0.0415.